The minimum Gasteiger partial charge on any atom is -0.450 e. The number of nitrogens with zero attached hydrogens (tertiary/aromatic N) is 4. The maximum absolute atomic E-state index is 12.4. The Hall–Kier alpha value is -3.36. The number of nitrogens with two attached hydrogens (primary N) is 1. The Balaban J connectivity index is 1.72. The van der Waals surface area contributed by atoms with Gasteiger partial charge in [0.2, 0.25) is 0 Å². The zero-order chi connectivity index (χ0) is 17.1. The molecule has 0 spiro atoms. The highest BCUT2D eigenvalue weighted by Gasteiger charge is 2.12. The van der Waals surface area contributed by atoms with Crippen LogP contribution >= 0.6 is 0 Å². The third kappa shape index (κ3) is 3.19. The van der Waals surface area contributed by atoms with Crippen LogP contribution in [0.2, 0.25) is 0 Å². The van der Waals surface area contributed by atoms with Gasteiger partial charge < -0.3 is 10.5 Å². The number of aromatic nitrogens is 4. The molecule has 9 heteroatoms. The van der Waals surface area contributed by atoms with E-state index in [0.29, 0.717) is 5.69 Å². The molecular weight excluding hydrogens is 312 g/mol. The molecule has 3 N–H and O–H groups in total. The summed E-state index contributed by atoms with van der Waals surface area (Å²) in [5, 5.41) is 10.9. The van der Waals surface area contributed by atoms with Crippen molar-refractivity contribution in [3.63, 3.8) is 0 Å². The van der Waals surface area contributed by atoms with Crippen LogP contribution in [0.5, 0.6) is 0 Å². The van der Waals surface area contributed by atoms with Crippen molar-refractivity contribution in [1.29, 1.82) is 0 Å². The van der Waals surface area contributed by atoms with Gasteiger partial charge in [-0.2, -0.15) is 0 Å². The standard InChI is InChI=1S/C15H16N6O3/c1-2-24-15(23)17-13-8-20(19-18-13)9-14(22)21-6-5-10-7-11(16)3-4-12(10)21/h3-8H,2,9,16H2,1H3,(H,17,23). The number of carbonyl (C=O) groups is 2. The Bertz CT molecular complexity index is 898. The highest BCUT2D eigenvalue weighted by molar-refractivity contribution is 5.93. The van der Waals surface area contributed by atoms with Crippen LogP contribution < -0.4 is 11.1 Å². The van der Waals surface area contributed by atoms with Gasteiger partial charge in [-0.25, -0.2) is 9.48 Å². The third-order valence-corrected chi connectivity index (χ3v) is 3.32. The van der Waals surface area contributed by atoms with Gasteiger partial charge in [0.15, 0.2) is 5.82 Å². The normalized spacial score (nSPS) is 10.7. The SMILES string of the molecule is CCOC(=O)Nc1cn(CC(=O)n2ccc3cc(N)ccc32)nn1. The summed E-state index contributed by atoms with van der Waals surface area (Å²) in [6, 6.07) is 7.15. The van der Waals surface area contributed by atoms with Crippen molar-refractivity contribution < 1.29 is 14.3 Å². The number of anilines is 2. The second-order valence-corrected chi connectivity index (χ2v) is 5.04. The van der Waals surface area contributed by atoms with Gasteiger partial charge in [-0.05, 0) is 31.2 Å². The van der Waals surface area contributed by atoms with Crippen LogP contribution in [-0.4, -0.2) is 38.2 Å². The molecule has 124 valence electrons. The van der Waals surface area contributed by atoms with E-state index in [-0.39, 0.29) is 24.9 Å². The molecule has 1 amide bonds. The molecule has 0 aliphatic rings. The monoisotopic (exact) mass is 328 g/mol. The fraction of sp³-hybridized carbons (Fsp3) is 0.200. The Morgan fingerprint density at radius 3 is 2.96 bits per heavy atom. The summed E-state index contributed by atoms with van der Waals surface area (Å²) in [5.74, 6) is 0.0220. The molecule has 1 aromatic carbocycles. The van der Waals surface area contributed by atoms with Gasteiger partial charge in [0.1, 0.15) is 6.54 Å². The number of ether oxygens (including phenoxy) is 1. The number of amides is 1. The quantitative estimate of drug-likeness (QED) is 0.704. The van der Waals surface area contributed by atoms with Gasteiger partial charge >= 0.3 is 6.09 Å². The molecule has 9 nitrogen and oxygen atoms in total. The molecule has 0 saturated carbocycles. The summed E-state index contributed by atoms with van der Waals surface area (Å²) in [7, 11) is 0. The first-order valence-corrected chi connectivity index (χ1v) is 7.30. The van der Waals surface area contributed by atoms with Gasteiger partial charge in [-0.3, -0.25) is 14.7 Å². The first-order valence-electron chi connectivity index (χ1n) is 7.30. The smallest absolute Gasteiger partial charge is 0.412 e. The lowest BCUT2D eigenvalue weighted by Crippen LogP contribution is -2.17. The number of fused-ring (bicyclic) bond motifs is 1. The fourth-order valence-corrected chi connectivity index (χ4v) is 2.30. The lowest BCUT2D eigenvalue weighted by Gasteiger charge is -2.04. The van der Waals surface area contributed by atoms with Crippen LogP contribution in [-0.2, 0) is 11.3 Å². The summed E-state index contributed by atoms with van der Waals surface area (Å²) in [5.41, 5.74) is 7.14. The zero-order valence-corrected chi connectivity index (χ0v) is 13.0. The van der Waals surface area contributed by atoms with Crippen molar-refractivity contribution in [2.75, 3.05) is 17.7 Å². The number of carbonyl (C=O) groups excluding carboxylic acids is 2. The summed E-state index contributed by atoms with van der Waals surface area (Å²) in [4.78, 5) is 23.8. The van der Waals surface area contributed by atoms with E-state index < -0.39 is 6.09 Å². The van der Waals surface area contributed by atoms with Crippen LogP contribution in [0.25, 0.3) is 10.9 Å². The molecule has 0 atom stereocenters. The minimum absolute atomic E-state index is 0.0222. The highest BCUT2D eigenvalue weighted by Crippen LogP contribution is 2.18. The second-order valence-electron chi connectivity index (χ2n) is 5.04. The van der Waals surface area contributed by atoms with E-state index in [2.05, 4.69) is 15.6 Å². The number of rotatable bonds is 4. The Morgan fingerprint density at radius 2 is 2.17 bits per heavy atom. The maximum Gasteiger partial charge on any atom is 0.412 e. The molecule has 0 unspecified atom stereocenters. The first kappa shape index (κ1) is 15.5. The molecule has 2 aromatic heterocycles. The van der Waals surface area contributed by atoms with E-state index in [1.54, 1.807) is 31.3 Å². The molecule has 0 bridgehead atoms. The van der Waals surface area contributed by atoms with Gasteiger partial charge in [0.25, 0.3) is 5.91 Å². The summed E-state index contributed by atoms with van der Waals surface area (Å²) >= 11 is 0. The van der Waals surface area contributed by atoms with Crippen LogP contribution in [0.15, 0.2) is 36.7 Å². The Labute approximate surface area is 137 Å². The maximum atomic E-state index is 12.4. The molecule has 0 aliphatic carbocycles. The van der Waals surface area contributed by atoms with Crippen molar-refractivity contribution in [2.24, 2.45) is 0 Å². The molecule has 3 aromatic rings. The van der Waals surface area contributed by atoms with Crippen LogP contribution in [0.1, 0.15) is 11.7 Å². The number of hydrogen-bond donors (Lipinski definition) is 2. The molecule has 24 heavy (non-hydrogen) atoms. The van der Waals surface area contributed by atoms with Gasteiger partial charge in [0, 0.05) is 17.3 Å². The van der Waals surface area contributed by atoms with Crippen molar-refractivity contribution in [3.8, 4) is 0 Å². The highest BCUT2D eigenvalue weighted by atomic mass is 16.5. The zero-order valence-electron chi connectivity index (χ0n) is 13.0. The molecule has 0 saturated heterocycles. The first-order chi connectivity index (χ1) is 11.6. The van der Waals surface area contributed by atoms with Crippen LogP contribution in [0.3, 0.4) is 0 Å². The summed E-state index contributed by atoms with van der Waals surface area (Å²) in [6.45, 7) is 1.93. The van der Waals surface area contributed by atoms with Crippen molar-refractivity contribution >= 4 is 34.4 Å². The molecule has 0 aliphatic heterocycles. The molecular formula is C15H16N6O3. The number of hydrogen-bond acceptors (Lipinski definition) is 6. The van der Waals surface area contributed by atoms with E-state index in [4.69, 9.17) is 10.5 Å². The molecule has 0 fully saturated rings. The average molecular weight is 328 g/mol. The van der Waals surface area contributed by atoms with Gasteiger partial charge in [0.05, 0.1) is 18.3 Å². The lowest BCUT2D eigenvalue weighted by atomic mass is 10.2. The lowest BCUT2D eigenvalue weighted by molar-refractivity contribution is 0.0891. The second kappa shape index (κ2) is 6.41. The number of nitrogen functional groups attached to an aromatic ring is 1. The Morgan fingerprint density at radius 1 is 1.33 bits per heavy atom. The van der Waals surface area contributed by atoms with E-state index in [1.165, 1.54) is 15.4 Å². The Kier molecular flexibility index (Phi) is 4.15. The van der Waals surface area contributed by atoms with E-state index in [0.717, 1.165) is 10.9 Å². The van der Waals surface area contributed by atoms with E-state index >= 15 is 0 Å². The number of benzene rings is 1. The van der Waals surface area contributed by atoms with Crippen molar-refractivity contribution in [2.45, 2.75) is 13.5 Å². The summed E-state index contributed by atoms with van der Waals surface area (Å²) in [6.07, 6.45) is 2.52. The number of nitrogens with one attached hydrogen (secondary N) is 1. The predicted molar refractivity (Wildman–Crippen MR) is 87.6 cm³/mol. The van der Waals surface area contributed by atoms with E-state index in [1.807, 2.05) is 6.07 Å². The fourth-order valence-electron chi connectivity index (χ4n) is 2.30. The van der Waals surface area contributed by atoms with Gasteiger partial charge in [-0.15, -0.1) is 5.10 Å². The third-order valence-electron chi connectivity index (χ3n) is 3.32. The average Bonchev–Trinajstić information content (AvgIpc) is 3.13. The topological polar surface area (TPSA) is 117 Å². The van der Waals surface area contributed by atoms with Crippen molar-refractivity contribution in [3.05, 3.63) is 36.7 Å². The largest absolute Gasteiger partial charge is 0.450 e. The van der Waals surface area contributed by atoms with E-state index in [9.17, 15) is 9.59 Å². The van der Waals surface area contributed by atoms with Crippen molar-refractivity contribution in [1.82, 2.24) is 19.6 Å². The molecule has 2 heterocycles. The van der Waals surface area contributed by atoms with Gasteiger partial charge in [-0.1, -0.05) is 5.21 Å². The summed E-state index contributed by atoms with van der Waals surface area (Å²) < 4.78 is 7.61. The molecule has 0 radical (unpaired) electrons. The van der Waals surface area contributed by atoms with Crippen LogP contribution in [0.4, 0.5) is 16.3 Å². The predicted octanol–water partition coefficient (Wildman–Crippen LogP) is 1.72. The minimum atomic E-state index is -0.620. The van der Waals surface area contributed by atoms with Crippen LogP contribution in [0, 0.1) is 0 Å². The molecule has 3 rings (SSSR count).